The lowest BCUT2D eigenvalue weighted by Crippen LogP contribution is -2.45. The standard InChI is InChI=1S/C13H23NO4/c1-4-11(12(15)17-3)5-7-14-9-13(16)6-8-18-10(13)2/h5,10,14,16H,4,6-9H2,1-3H3. The third-order valence-corrected chi connectivity index (χ3v) is 3.41. The minimum Gasteiger partial charge on any atom is -0.466 e. The van der Waals surface area contributed by atoms with Crippen LogP contribution in [0.25, 0.3) is 0 Å². The van der Waals surface area contributed by atoms with E-state index in [9.17, 15) is 9.90 Å². The molecule has 2 atom stereocenters. The molecule has 0 aliphatic carbocycles. The van der Waals surface area contributed by atoms with Crippen LogP contribution in [0.5, 0.6) is 0 Å². The zero-order chi connectivity index (χ0) is 13.6. The topological polar surface area (TPSA) is 67.8 Å². The molecule has 1 rings (SSSR count). The summed E-state index contributed by atoms with van der Waals surface area (Å²) in [6, 6.07) is 0. The first-order valence-corrected chi connectivity index (χ1v) is 6.35. The average Bonchev–Trinajstić information content (AvgIpc) is 2.69. The number of ether oxygens (including phenoxy) is 2. The van der Waals surface area contributed by atoms with E-state index in [1.54, 1.807) is 6.08 Å². The first kappa shape index (κ1) is 15.1. The number of hydrogen-bond donors (Lipinski definition) is 2. The second kappa shape index (κ2) is 6.87. The van der Waals surface area contributed by atoms with Crippen LogP contribution in [0.1, 0.15) is 26.7 Å². The zero-order valence-corrected chi connectivity index (χ0v) is 11.4. The predicted molar refractivity (Wildman–Crippen MR) is 68.2 cm³/mol. The van der Waals surface area contributed by atoms with Crippen LogP contribution in [0.3, 0.4) is 0 Å². The summed E-state index contributed by atoms with van der Waals surface area (Å²) in [6.45, 7) is 5.37. The van der Waals surface area contributed by atoms with Crippen LogP contribution >= 0.6 is 0 Å². The molecule has 0 spiro atoms. The first-order valence-electron chi connectivity index (χ1n) is 6.35. The van der Waals surface area contributed by atoms with Gasteiger partial charge in [0.05, 0.1) is 13.2 Å². The van der Waals surface area contributed by atoms with Crippen LogP contribution < -0.4 is 5.32 Å². The number of nitrogens with one attached hydrogen (secondary N) is 1. The molecule has 5 nitrogen and oxygen atoms in total. The maximum absolute atomic E-state index is 11.3. The van der Waals surface area contributed by atoms with Crippen molar-refractivity contribution in [3.63, 3.8) is 0 Å². The molecule has 0 saturated carbocycles. The molecule has 0 aromatic rings. The number of esters is 1. The molecular weight excluding hydrogens is 234 g/mol. The molecule has 1 heterocycles. The molecule has 5 heteroatoms. The van der Waals surface area contributed by atoms with Gasteiger partial charge in [0.15, 0.2) is 0 Å². The summed E-state index contributed by atoms with van der Waals surface area (Å²) in [5, 5.41) is 13.4. The van der Waals surface area contributed by atoms with E-state index in [2.05, 4.69) is 10.1 Å². The fourth-order valence-corrected chi connectivity index (χ4v) is 1.99. The van der Waals surface area contributed by atoms with E-state index in [4.69, 9.17) is 4.74 Å². The number of rotatable bonds is 6. The quantitative estimate of drug-likeness (QED) is 0.415. The van der Waals surface area contributed by atoms with Gasteiger partial charge in [-0.3, -0.25) is 0 Å². The summed E-state index contributed by atoms with van der Waals surface area (Å²) >= 11 is 0. The molecule has 0 aromatic carbocycles. The molecule has 1 aliphatic heterocycles. The van der Waals surface area contributed by atoms with Gasteiger partial charge < -0.3 is 19.9 Å². The summed E-state index contributed by atoms with van der Waals surface area (Å²) < 4.78 is 10.0. The maximum Gasteiger partial charge on any atom is 0.333 e. The summed E-state index contributed by atoms with van der Waals surface area (Å²) in [5.41, 5.74) is -0.154. The van der Waals surface area contributed by atoms with Crippen LogP contribution in [0.15, 0.2) is 11.6 Å². The van der Waals surface area contributed by atoms with Crippen molar-refractivity contribution < 1.29 is 19.4 Å². The molecule has 2 unspecified atom stereocenters. The molecule has 2 N–H and O–H groups in total. The predicted octanol–water partition coefficient (Wildman–Crippen LogP) is 0.625. The van der Waals surface area contributed by atoms with Crippen LogP contribution in [0.2, 0.25) is 0 Å². The highest BCUT2D eigenvalue weighted by Crippen LogP contribution is 2.24. The van der Waals surface area contributed by atoms with E-state index in [1.807, 2.05) is 13.8 Å². The zero-order valence-electron chi connectivity index (χ0n) is 11.4. The fraction of sp³-hybridized carbons (Fsp3) is 0.769. The average molecular weight is 257 g/mol. The smallest absolute Gasteiger partial charge is 0.333 e. The maximum atomic E-state index is 11.3. The second-order valence-corrected chi connectivity index (χ2v) is 4.57. The van der Waals surface area contributed by atoms with Crippen LogP contribution in [0.4, 0.5) is 0 Å². The van der Waals surface area contributed by atoms with E-state index >= 15 is 0 Å². The van der Waals surface area contributed by atoms with Crippen LogP contribution in [-0.2, 0) is 14.3 Å². The van der Waals surface area contributed by atoms with Gasteiger partial charge in [-0.25, -0.2) is 4.79 Å². The highest BCUT2D eigenvalue weighted by atomic mass is 16.5. The van der Waals surface area contributed by atoms with E-state index in [0.717, 1.165) is 0 Å². The Bertz CT molecular complexity index is 316. The van der Waals surface area contributed by atoms with Crippen molar-refractivity contribution in [2.24, 2.45) is 0 Å². The molecule has 0 bridgehead atoms. The SMILES string of the molecule is CCC(=CCNCC1(O)CCOC1C)C(=O)OC. The van der Waals surface area contributed by atoms with Gasteiger partial charge in [0.1, 0.15) is 5.60 Å². The summed E-state index contributed by atoms with van der Waals surface area (Å²) in [4.78, 5) is 11.3. The van der Waals surface area contributed by atoms with Gasteiger partial charge in [-0.15, -0.1) is 0 Å². The van der Waals surface area contributed by atoms with E-state index in [1.165, 1.54) is 7.11 Å². The van der Waals surface area contributed by atoms with Crippen molar-refractivity contribution >= 4 is 5.97 Å². The highest BCUT2D eigenvalue weighted by Gasteiger charge is 2.38. The Morgan fingerprint density at radius 3 is 2.89 bits per heavy atom. The fourth-order valence-electron chi connectivity index (χ4n) is 1.99. The van der Waals surface area contributed by atoms with Crippen molar-refractivity contribution in [3.8, 4) is 0 Å². The number of carbonyl (C=O) groups is 1. The lowest BCUT2D eigenvalue weighted by Gasteiger charge is -2.26. The van der Waals surface area contributed by atoms with Gasteiger partial charge >= 0.3 is 5.97 Å². The van der Waals surface area contributed by atoms with Crippen molar-refractivity contribution in [3.05, 3.63) is 11.6 Å². The number of methoxy groups -OCH3 is 1. The Hall–Kier alpha value is -0.910. The lowest BCUT2D eigenvalue weighted by atomic mass is 9.97. The lowest BCUT2D eigenvalue weighted by molar-refractivity contribution is -0.136. The van der Waals surface area contributed by atoms with Gasteiger partial charge in [-0.2, -0.15) is 0 Å². The minimum absolute atomic E-state index is 0.153. The van der Waals surface area contributed by atoms with E-state index < -0.39 is 5.60 Å². The van der Waals surface area contributed by atoms with Gasteiger partial charge in [0.2, 0.25) is 0 Å². The summed E-state index contributed by atoms with van der Waals surface area (Å²) in [5.74, 6) is -0.296. The van der Waals surface area contributed by atoms with Crippen molar-refractivity contribution in [2.45, 2.75) is 38.4 Å². The minimum atomic E-state index is -0.800. The molecule has 1 aliphatic rings. The highest BCUT2D eigenvalue weighted by molar-refractivity contribution is 5.88. The second-order valence-electron chi connectivity index (χ2n) is 4.57. The molecule has 0 aromatic heterocycles. The van der Waals surface area contributed by atoms with Gasteiger partial charge in [0.25, 0.3) is 0 Å². The largest absolute Gasteiger partial charge is 0.466 e. The van der Waals surface area contributed by atoms with Crippen molar-refractivity contribution in [2.75, 3.05) is 26.8 Å². The number of carbonyl (C=O) groups excluding carboxylic acids is 1. The van der Waals surface area contributed by atoms with E-state index in [-0.39, 0.29) is 12.1 Å². The Kier molecular flexibility index (Phi) is 5.78. The summed E-state index contributed by atoms with van der Waals surface area (Å²) in [6.07, 6.45) is 2.93. The molecule has 104 valence electrons. The first-order chi connectivity index (χ1) is 8.53. The third-order valence-electron chi connectivity index (χ3n) is 3.41. The van der Waals surface area contributed by atoms with Crippen molar-refractivity contribution in [1.29, 1.82) is 0 Å². The molecule has 1 fully saturated rings. The Balaban J connectivity index is 2.37. The Morgan fingerprint density at radius 2 is 2.39 bits per heavy atom. The number of hydrogen-bond acceptors (Lipinski definition) is 5. The van der Waals surface area contributed by atoms with Crippen molar-refractivity contribution in [1.82, 2.24) is 5.32 Å². The van der Waals surface area contributed by atoms with Gasteiger partial charge in [0, 0.05) is 31.7 Å². The summed E-state index contributed by atoms with van der Waals surface area (Å²) in [7, 11) is 1.37. The van der Waals surface area contributed by atoms with Crippen LogP contribution in [-0.4, -0.2) is 49.6 Å². The van der Waals surface area contributed by atoms with Gasteiger partial charge in [-0.1, -0.05) is 13.0 Å². The normalized spacial score (nSPS) is 28.4. The van der Waals surface area contributed by atoms with Crippen LogP contribution in [0, 0.1) is 0 Å². The molecular formula is C13H23NO4. The van der Waals surface area contributed by atoms with Gasteiger partial charge in [-0.05, 0) is 13.3 Å². The van der Waals surface area contributed by atoms with E-state index in [0.29, 0.717) is 38.1 Å². The monoisotopic (exact) mass is 257 g/mol. The Labute approximate surface area is 108 Å². The molecule has 18 heavy (non-hydrogen) atoms. The third kappa shape index (κ3) is 3.80. The molecule has 0 amide bonds. The molecule has 0 radical (unpaired) electrons. The number of aliphatic hydroxyl groups is 1. The molecule has 1 saturated heterocycles. The Morgan fingerprint density at radius 1 is 1.67 bits per heavy atom.